The van der Waals surface area contributed by atoms with Gasteiger partial charge in [-0.1, -0.05) is 46.3 Å². The number of fused-ring (bicyclic) bond motifs is 1. The molecule has 1 aromatic heterocycles. The van der Waals surface area contributed by atoms with Crippen molar-refractivity contribution in [3.63, 3.8) is 0 Å². The second kappa shape index (κ2) is 5.35. The Labute approximate surface area is 126 Å². The summed E-state index contributed by atoms with van der Waals surface area (Å²) in [4.78, 5) is 4.17. The zero-order valence-electron chi connectivity index (χ0n) is 11.2. The number of pyridine rings is 1. The number of rotatable bonds is 2. The molecule has 2 aromatic carbocycles. The van der Waals surface area contributed by atoms with Gasteiger partial charge in [-0.15, -0.1) is 0 Å². The summed E-state index contributed by atoms with van der Waals surface area (Å²) in [5, 5.41) is 2.27. The van der Waals surface area contributed by atoms with Crippen molar-refractivity contribution < 1.29 is 0 Å². The summed E-state index contributed by atoms with van der Waals surface area (Å²) in [6.45, 7) is 2.07. The molecule has 0 aliphatic carbocycles. The van der Waals surface area contributed by atoms with E-state index in [2.05, 4.69) is 58.2 Å². The first-order valence-electron chi connectivity index (χ1n) is 6.51. The topological polar surface area (TPSA) is 38.9 Å². The van der Waals surface area contributed by atoms with Crippen molar-refractivity contribution in [2.24, 2.45) is 5.73 Å². The normalized spacial score (nSPS) is 12.6. The Morgan fingerprint density at radius 3 is 2.75 bits per heavy atom. The van der Waals surface area contributed by atoms with Gasteiger partial charge in [-0.3, -0.25) is 4.98 Å². The van der Waals surface area contributed by atoms with Gasteiger partial charge in [0.25, 0.3) is 0 Å². The third-order valence-corrected chi connectivity index (χ3v) is 4.23. The van der Waals surface area contributed by atoms with E-state index < -0.39 is 0 Å². The second-order valence-electron chi connectivity index (χ2n) is 4.95. The van der Waals surface area contributed by atoms with Crippen molar-refractivity contribution >= 4 is 26.7 Å². The molecule has 1 heterocycles. The fraction of sp³-hybridized carbons (Fsp3) is 0.118. The molecule has 3 aromatic rings. The van der Waals surface area contributed by atoms with Crippen molar-refractivity contribution in [3.05, 3.63) is 76.0 Å². The summed E-state index contributed by atoms with van der Waals surface area (Å²) in [7, 11) is 0. The highest BCUT2D eigenvalue weighted by Crippen LogP contribution is 2.31. The number of hydrogen-bond acceptors (Lipinski definition) is 2. The molecule has 100 valence electrons. The van der Waals surface area contributed by atoms with Crippen LogP contribution < -0.4 is 5.73 Å². The molecule has 0 saturated carbocycles. The lowest BCUT2D eigenvalue weighted by Gasteiger charge is -2.17. The molecule has 0 spiro atoms. The van der Waals surface area contributed by atoms with E-state index in [0.29, 0.717) is 0 Å². The van der Waals surface area contributed by atoms with E-state index in [9.17, 15) is 0 Å². The van der Waals surface area contributed by atoms with E-state index in [1.807, 2.05) is 24.5 Å². The Bertz CT molecular complexity index is 763. The molecular weight excluding hydrogens is 312 g/mol. The molecule has 2 N–H and O–H groups in total. The van der Waals surface area contributed by atoms with Crippen LogP contribution in [0.5, 0.6) is 0 Å². The number of aromatic nitrogens is 1. The largest absolute Gasteiger partial charge is 0.320 e. The Balaban J connectivity index is 2.15. The minimum absolute atomic E-state index is 0.156. The van der Waals surface area contributed by atoms with Gasteiger partial charge in [0, 0.05) is 22.3 Å². The summed E-state index contributed by atoms with van der Waals surface area (Å²) in [6.07, 6.45) is 3.68. The molecule has 0 aliphatic heterocycles. The van der Waals surface area contributed by atoms with Crippen LogP contribution in [0.1, 0.15) is 22.7 Å². The third-order valence-electron chi connectivity index (χ3n) is 3.54. The Kier molecular flexibility index (Phi) is 3.55. The zero-order chi connectivity index (χ0) is 14.1. The highest BCUT2D eigenvalue weighted by molar-refractivity contribution is 9.10. The third kappa shape index (κ3) is 2.35. The molecule has 0 aliphatic rings. The van der Waals surface area contributed by atoms with Gasteiger partial charge in [-0.25, -0.2) is 0 Å². The molecule has 1 unspecified atom stereocenters. The molecule has 0 bridgehead atoms. The molecule has 2 nitrogen and oxygen atoms in total. The van der Waals surface area contributed by atoms with Gasteiger partial charge >= 0.3 is 0 Å². The number of nitrogens with zero attached hydrogens (tertiary/aromatic N) is 1. The van der Waals surface area contributed by atoms with Gasteiger partial charge in [0.05, 0.1) is 6.04 Å². The minimum atomic E-state index is -0.156. The van der Waals surface area contributed by atoms with E-state index in [-0.39, 0.29) is 6.04 Å². The van der Waals surface area contributed by atoms with Crippen LogP contribution in [0.4, 0.5) is 0 Å². The van der Waals surface area contributed by atoms with E-state index >= 15 is 0 Å². The first-order chi connectivity index (χ1) is 9.66. The Hall–Kier alpha value is -1.71. The van der Waals surface area contributed by atoms with E-state index in [1.54, 1.807) is 0 Å². The number of hydrogen-bond donors (Lipinski definition) is 1. The standard InChI is InChI=1S/C17H15BrN2/c1-11-5-6-15(16(18)9-11)17(19)14-4-2-3-12-10-20-8-7-13(12)14/h2-10,17H,19H2,1H3. The summed E-state index contributed by atoms with van der Waals surface area (Å²) >= 11 is 3.62. The molecule has 1 atom stereocenters. The maximum atomic E-state index is 6.48. The van der Waals surface area contributed by atoms with Crippen molar-refractivity contribution in [1.29, 1.82) is 0 Å². The predicted molar refractivity (Wildman–Crippen MR) is 86.7 cm³/mol. The van der Waals surface area contributed by atoms with Gasteiger partial charge in [-0.05, 0) is 41.1 Å². The smallest absolute Gasteiger partial charge is 0.0568 e. The highest BCUT2D eigenvalue weighted by atomic mass is 79.9. The van der Waals surface area contributed by atoms with Gasteiger partial charge in [0.1, 0.15) is 0 Å². The molecule has 3 rings (SSSR count). The van der Waals surface area contributed by atoms with E-state index in [1.165, 1.54) is 5.56 Å². The van der Waals surface area contributed by atoms with Crippen LogP contribution in [0, 0.1) is 6.92 Å². The van der Waals surface area contributed by atoms with Crippen molar-refractivity contribution in [2.45, 2.75) is 13.0 Å². The van der Waals surface area contributed by atoms with Crippen LogP contribution >= 0.6 is 15.9 Å². The summed E-state index contributed by atoms with van der Waals surface area (Å²) in [5.74, 6) is 0. The van der Waals surface area contributed by atoms with Crippen LogP contribution in [0.2, 0.25) is 0 Å². The maximum Gasteiger partial charge on any atom is 0.0568 e. The lowest BCUT2D eigenvalue weighted by atomic mass is 9.95. The molecule has 0 radical (unpaired) electrons. The maximum absolute atomic E-state index is 6.48. The minimum Gasteiger partial charge on any atom is -0.320 e. The van der Waals surface area contributed by atoms with Crippen LogP contribution in [0.25, 0.3) is 10.8 Å². The summed E-state index contributed by atoms with van der Waals surface area (Å²) in [6, 6.07) is 14.3. The van der Waals surface area contributed by atoms with Crippen molar-refractivity contribution in [3.8, 4) is 0 Å². The van der Waals surface area contributed by atoms with E-state index in [0.717, 1.165) is 26.4 Å². The Morgan fingerprint density at radius 1 is 1.10 bits per heavy atom. The lowest BCUT2D eigenvalue weighted by Crippen LogP contribution is -2.13. The average Bonchev–Trinajstić information content (AvgIpc) is 2.46. The van der Waals surface area contributed by atoms with Crippen LogP contribution in [0.3, 0.4) is 0 Å². The number of nitrogens with two attached hydrogens (primary N) is 1. The van der Waals surface area contributed by atoms with Gasteiger partial charge < -0.3 is 5.73 Å². The quantitative estimate of drug-likeness (QED) is 0.760. The monoisotopic (exact) mass is 326 g/mol. The molecule has 0 amide bonds. The fourth-order valence-corrected chi connectivity index (χ4v) is 3.21. The van der Waals surface area contributed by atoms with E-state index in [4.69, 9.17) is 5.73 Å². The molecule has 0 fully saturated rings. The average molecular weight is 327 g/mol. The first-order valence-corrected chi connectivity index (χ1v) is 7.30. The fourth-order valence-electron chi connectivity index (χ4n) is 2.47. The summed E-state index contributed by atoms with van der Waals surface area (Å²) < 4.78 is 1.05. The molecule has 20 heavy (non-hydrogen) atoms. The highest BCUT2D eigenvalue weighted by Gasteiger charge is 2.14. The van der Waals surface area contributed by atoms with Crippen molar-refractivity contribution in [1.82, 2.24) is 4.98 Å². The number of halogens is 1. The van der Waals surface area contributed by atoms with Gasteiger partial charge in [0.2, 0.25) is 0 Å². The molecule has 3 heteroatoms. The zero-order valence-corrected chi connectivity index (χ0v) is 12.8. The van der Waals surface area contributed by atoms with Gasteiger partial charge in [0.15, 0.2) is 0 Å². The second-order valence-corrected chi connectivity index (χ2v) is 5.80. The number of benzene rings is 2. The van der Waals surface area contributed by atoms with Crippen LogP contribution in [0.15, 0.2) is 59.3 Å². The van der Waals surface area contributed by atoms with Crippen LogP contribution in [-0.4, -0.2) is 4.98 Å². The van der Waals surface area contributed by atoms with Crippen molar-refractivity contribution in [2.75, 3.05) is 0 Å². The summed E-state index contributed by atoms with van der Waals surface area (Å²) in [5.41, 5.74) is 9.92. The first kappa shape index (κ1) is 13.3. The van der Waals surface area contributed by atoms with Crippen LogP contribution in [-0.2, 0) is 0 Å². The SMILES string of the molecule is Cc1ccc(C(N)c2cccc3cnccc23)c(Br)c1. The lowest BCUT2D eigenvalue weighted by molar-refractivity contribution is 0.874. The molecular formula is C17H15BrN2. The predicted octanol–water partition coefficient (Wildman–Crippen LogP) is 4.35. The molecule has 0 saturated heterocycles. The van der Waals surface area contributed by atoms with Gasteiger partial charge in [-0.2, -0.15) is 0 Å². The number of aryl methyl sites for hydroxylation is 1. The Morgan fingerprint density at radius 2 is 1.95 bits per heavy atom.